The molecule has 0 spiro atoms. The van der Waals surface area contributed by atoms with Gasteiger partial charge in [0.05, 0.1) is 5.69 Å². The lowest BCUT2D eigenvalue weighted by atomic mass is 10.0. The molecular weight excluding hydrogens is 178 g/mol. The fraction of sp³-hybridized carbons (Fsp3) is 0.700. The molecule has 4 nitrogen and oxygen atoms in total. The van der Waals surface area contributed by atoms with E-state index in [1.807, 2.05) is 6.92 Å². The minimum Gasteiger partial charge on any atom is -0.309 e. The molecule has 0 radical (unpaired) electrons. The van der Waals surface area contributed by atoms with Gasteiger partial charge in [0.15, 0.2) is 0 Å². The fourth-order valence-corrected chi connectivity index (χ4v) is 1.98. The second kappa shape index (κ2) is 4.00. The summed E-state index contributed by atoms with van der Waals surface area (Å²) in [7, 11) is 0. The number of aryl methyl sites for hydroxylation is 1. The maximum atomic E-state index is 11.4. The van der Waals surface area contributed by atoms with Crippen molar-refractivity contribution in [3.05, 3.63) is 22.1 Å². The zero-order chi connectivity index (χ0) is 9.97. The quantitative estimate of drug-likeness (QED) is 0.740. The molecule has 1 saturated heterocycles. The first kappa shape index (κ1) is 9.52. The smallest absolute Gasteiger partial charge is 0.266 e. The Bertz CT molecular complexity index is 346. The molecule has 2 N–H and O–H groups in total. The molecule has 1 unspecified atom stereocenters. The van der Waals surface area contributed by atoms with E-state index in [2.05, 4.69) is 10.4 Å². The summed E-state index contributed by atoms with van der Waals surface area (Å²) in [5.41, 5.74) is 1.12. The van der Waals surface area contributed by atoms with Crippen LogP contribution in [0.25, 0.3) is 0 Å². The highest BCUT2D eigenvalue weighted by Crippen LogP contribution is 2.19. The molecule has 1 fully saturated rings. The first-order valence-corrected chi connectivity index (χ1v) is 5.34. The highest BCUT2D eigenvalue weighted by Gasteiger charge is 2.16. The third-order valence-electron chi connectivity index (χ3n) is 2.81. The van der Waals surface area contributed by atoms with Crippen molar-refractivity contribution in [2.45, 2.75) is 38.8 Å². The summed E-state index contributed by atoms with van der Waals surface area (Å²) in [6, 6.07) is 2.07. The van der Waals surface area contributed by atoms with E-state index in [0.717, 1.165) is 18.7 Å². The molecule has 0 bridgehead atoms. The van der Waals surface area contributed by atoms with Crippen molar-refractivity contribution < 1.29 is 0 Å². The van der Waals surface area contributed by atoms with Gasteiger partial charge >= 0.3 is 0 Å². The number of H-pyrrole nitrogens is 1. The van der Waals surface area contributed by atoms with Gasteiger partial charge in [-0.1, -0.05) is 6.42 Å². The van der Waals surface area contributed by atoms with Gasteiger partial charge < -0.3 is 5.32 Å². The third-order valence-corrected chi connectivity index (χ3v) is 2.81. The van der Waals surface area contributed by atoms with Crippen molar-refractivity contribution in [1.82, 2.24) is 15.1 Å². The molecule has 14 heavy (non-hydrogen) atoms. The Morgan fingerprint density at radius 3 is 3.00 bits per heavy atom. The molecule has 1 aliphatic heterocycles. The number of hydrogen-bond acceptors (Lipinski definition) is 2. The van der Waals surface area contributed by atoms with E-state index in [0.29, 0.717) is 12.6 Å². The normalized spacial score (nSPS) is 22.5. The molecule has 78 valence electrons. The van der Waals surface area contributed by atoms with Gasteiger partial charge in [-0.05, 0) is 26.3 Å². The average molecular weight is 195 g/mol. The van der Waals surface area contributed by atoms with Crippen LogP contribution < -0.4 is 10.9 Å². The van der Waals surface area contributed by atoms with E-state index in [9.17, 15) is 4.79 Å². The molecule has 1 aromatic rings. The van der Waals surface area contributed by atoms with Gasteiger partial charge in [0, 0.05) is 18.7 Å². The lowest BCUT2D eigenvalue weighted by Crippen LogP contribution is -2.27. The van der Waals surface area contributed by atoms with Crippen LogP contribution in [0.5, 0.6) is 0 Å². The minimum atomic E-state index is 0.0786. The molecule has 0 saturated carbocycles. The first-order valence-electron chi connectivity index (χ1n) is 5.34. The van der Waals surface area contributed by atoms with Crippen molar-refractivity contribution in [2.75, 3.05) is 6.54 Å². The zero-order valence-corrected chi connectivity index (χ0v) is 8.55. The Labute approximate surface area is 83.3 Å². The first-order chi connectivity index (χ1) is 6.81. The predicted octanol–water partition coefficient (Wildman–Crippen LogP) is 1.01. The topological polar surface area (TPSA) is 49.8 Å². The lowest BCUT2D eigenvalue weighted by Gasteiger charge is -2.21. The summed E-state index contributed by atoms with van der Waals surface area (Å²) in [5, 5.41) is 6.56. The van der Waals surface area contributed by atoms with Crippen LogP contribution >= 0.6 is 0 Å². The molecule has 0 amide bonds. The van der Waals surface area contributed by atoms with Crippen molar-refractivity contribution in [1.29, 1.82) is 0 Å². The summed E-state index contributed by atoms with van der Waals surface area (Å²) in [6.07, 6.45) is 3.62. The van der Waals surface area contributed by atoms with Gasteiger partial charge in [0.1, 0.15) is 0 Å². The molecular formula is C10H17N3O. The number of rotatable bonds is 2. The molecule has 2 heterocycles. The van der Waals surface area contributed by atoms with E-state index in [1.54, 1.807) is 10.7 Å². The molecule has 2 rings (SSSR count). The average Bonchev–Trinajstić information content (AvgIpc) is 2.61. The maximum absolute atomic E-state index is 11.4. The number of piperidine rings is 1. The summed E-state index contributed by atoms with van der Waals surface area (Å²) >= 11 is 0. The highest BCUT2D eigenvalue weighted by molar-refractivity contribution is 5.06. The number of aromatic nitrogens is 2. The Morgan fingerprint density at radius 2 is 2.43 bits per heavy atom. The van der Waals surface area contributed by atoms with Crippen molar-refractivity contribution >= 4 is 0 Å². The molecule has 1 aliphatic rings. The van der Waals surface area contributed by atoms with Gasteiger partial charge in [0.25, 0.3) is 5.56 Å². The Kier molecular flexibility index (Phi) is 2.72. The van der Waals surface area contributed by atoms with Gasteiger partial charge in [0.2, 0.25) is 0 Å². The number of hydrogen-bond donors (Lipinski definition) is 2. The lowest BCUT2D eigenvalue weighted by molar-refractivity contribution is 0.401. The van der Waals surface area contributed by atoms with Crippen LogP contribution in [0.4, 0.5) is 0 Å². The van der Waals surface area contributed by atoms with Crippen LogP contribution in [-0.2, 0) is 6.54 Å². The number of aromatic amines is 1. The van der Waals surface area contributed by atoms with Gasteiger partial charge in [-0.15, -0.1) is 0 Å². The van der Waals surface area contributed by atoms with Crippen molar-refractivity contribution in [3.63, 3.8) is 0 Å². The SMILES string of the molecule is CCn1[nH]c(C2CCCCN2)cc1=O. The minimum absolute atomic E-state index is 0.0786. The van der Waals surface area contributed by atoms with Crippen molar-refractivity contribution in [3.8, 4) is 0 Å². The van der Waals surface area contributed by atoms with Crippen LogP contribution in [0.15, 0.2) is 10.9 Å². The Balaban J connectivity index is 2.18. The molecule has 0 aliphatic carbocycles. The van der Waals surface area contributed by atoms with E-state index in [1.165, 1.54) is 12.8 Å². The van der Waals surface area contributed by atoms with E-state index in [4.69, 9.17) is 0 Å². The molecule has 0 aromatic carbocycles. The third kappa shape index (κ3) is 1.75. The number of nitrogens with one attached hydrogen (secondary N) is 2. The maximum Gasteiger partial charge on any atom is 0.266 e. The standard InChI is InChI=1S/C10H17N3O/c1-2-13-10(14)7-9(12-13)8-5-3-4-6-11-8/h7-8,11-12H,2-6H2,1H3. The van der Waals surface area contributed by atoms with Crippen LogP contribution in [0.1, 0.15) is 37.9 Å². The van der Waals surface area contributed by atoms with Crippen molar-refractivity contribution in [2.24, 2.45) is 0 Å². The fourth-order valence-electron chi connectivity index (χ4n) is 1.98. The van der Waals surface area contributed by atoms with Crippen LogP contribution in [0.3, 0.4) is 0 Å². The summed E-state index contributed by atoms with van der Waals surface area (Å²) < 4.78 is 1.64. The summed E-state index contributed by atoms with van der Waals surface area (Å²) in [5.74, 6) is 0. The second-order valence-corrected chi connectivity index (χ2v) is 3.80. The van der Waals surface area contributed by atoms with Crippen LogP contribution in [0, 0.1) is 0 Å². The predicted molar refractivity (Wildman–Crippen MR) is 55.3 cm³/mol. The zero-order valence-electron chi connectivity index (χ0n) is 8.55. The Morgan fingerprint density at radius 1 is 1.57 bits per heavy atom. The monoisotopic (exact) mass is 195 g/mol. The van der Waals surface area contributed by atoms with E-state index in [-0.39, 0.29) is 5.56 Å². The highest BCUT2D eigenvalue weighted by atomic mass is 16.1. The molecule has 1 atom stereocenters. The Hall–Kier alpha value is -1.03. The number of nitrogens with zero attached hydrogens (tertiary/aromatic N) is 1. The summed E-state index contributed by atoms with van der Waals surface area (Å²) in [4.78, 5) is 11.4. The van der Waals surface area contributed by atoms with Gasteiger partial charge in [-0.3, -0.25) is 14.6 Å². The summed E-state index contributed by atoms with van der Waals surface area (Å²) in [6.45, 7) is 3.74. The van der Waals surface area contributed by atoms with E-state index >= 15 is 0 Å². The van der Waals surface area contributed by atoms with Crippen LogP contribution in [0.2, 0.25) is 0 Å². The molecule has 4 heteroatoms. The second-order valence-electron chi connectivity index (χ2n) is 3.80. The largest absolute Gasteiger partial charge is 0.309 e. The molecule has 1 aromatic heterocycles. The van der Waals surface area contributed by atoms with Crippen LogP contribution in [-0.4, -0.2) is 16.3 Å². The van der Waals surface area contributed by atoms with Gasteiger partial charge in [-0.2, -0.15) is 0 Å². The van der Waals surface area contributed by atoms with Gasteiger partial charge in [-0.25, -0.2) is 0 Å². The van der Waals surface area contributed by atoms with E-state index < -0.39 is 0 Å².